The van der Waals surface area contributed by atoms with Crippen molar-refractivity contribution in [2.75, 3.05) is 35.4 Å². The molecular weight excluding hydrogens is 688 g/mol. The van der Waals surface area contributed by atoms with Crippen LogP contribution in [0.25, 0.3) is 0 Å². The van der Waals surface area contributed by atoms with Gasteiger partial charge in [-0.3, -0.25) is 14.2 Å². The van der Waals surface area contributed by atoms with Gasteiger partial charge in [-0.05, 0) is 57.4 Å². The van der Waals surface area contributed by atoms with Crippen LogP contribution < -0.4 is 9.64 Å². The number of halogens is 2. The Morgan fingerprint density at radius 2 is 1.35 bits per heavy atom. The van der Waals surface area contributed by atoms with E-state index in [1.165, 1.54) is 44.6 Å². The molecule has 1 heterocycles. The third kappa shape index (κ3) is 13.4. The third-order valence-corrected chi connectivity index (χ3v) is 20.1. The maximum atomic E-state index is 14.5. The predicted molar refractivity (Wildman–Crippen MR) is 195 cm³/mol. The zero-order valence-electron chi connectivity index (χ0n) is 27.7. The first kappa shape index (κ1) is 41.0. The molecule has 7 nitrogen and oxygen atoms in total. The molecule has 2 aliphatic rings. The largest absolute Gasteiger partial charge is 0.480 e. The van der Waals surface area contributed by atoms with Crippen LogP contribution in [0.4, 0.5) is 10.1 Å². The Morgan fingerprint density at radius 1 is 0.848 bits per heavy atom. The van der Waals surface area contributed by atoms with Crippen LogP contribution >= 0.6 is 50.5 Å². The number of carbonyl (C=O) groups excluding carboxylic acids is 3. The van der Waals surface area contributed by atoms with E-state index in [9.17, 15) is 23.3 Å². The fourth-order valence-electron chi connectivity index (χ4n) is 4.55. The molecule has 1 aromatic carbocycles. The first-order valence-corrected chi connectivity index (χ1v) is 23.4. The molecule has 0 unspecified atom stereocenters. The zero-order chi connectivity index (χ0) is 34.0. The van der Waals surface area contributed by atoms with E-state index >= 15 is 0 Å². The van der Waals surface area contributed by atoms with E-state index in [4.69, 9.17) is 21.1 Å². The summed E-state index contributed by atoms with van der Waals surface area (Å²) in [6.07, 6.45) is 12.6. The van der Waals surface area contributed by atoms with E-state index in [1.54, 1.807) is 34.1 Å². The topological polar surface area (TPSA) is 90.0 Å². The second kappa shape index (κ2) is 22.5. The number of benzene rings is 1. The number of hydrogen-bond acceptors (Lipinski definition) is 9. The average molecular weight is 738 g/mol. The molecular formula is C33H50ClFNO6PS3. The molecule has 0 aromatic heterocycles. The van der Waals surface area contributed by atoms with Gasteiger partial charge in [0.05, 0.1) is 17.3 Å². The monoisotopic (exact) mass is 737 g/mol. The Balaban J connectivity index is 0.000000372. The van der Waals surface area contributed by atoms with Crippen molar-refractivity contribution in [3.05, 3.63) is 34.1 Å². The number of hydrogen-bond donors (Lipinski definition) is 0. The van der Waals surface area contributed by atoms with E-state index in [0.29, 0.717) is 30.6 Å². The fourth-order valence-corrected chi connectivity index (χ4v) is 16.8. The highest BCUT2D eigenvalue weighted by atomic mass is 35.5. The quantitative estimate of drug-likeness (QED) is 0.0561. The fraction of sp³-hybridized carbons (Fsp3) is 0.667. The highest BCUT2D eigenvalue weighted by Gasteiger charge is 2.41. The molecule has 2 amide bonds. The summed E-state index contributed by atoms with van der Waals surface area (Å²) in [5.74, 6) is 0.780. The number of unbranched alkanes of at least 4 members (excludes halogenated alkanes) is 5. The van der Waals surface area contributed by atoms with Gasteiger partial charge in [0.25, 0.3) is 11.8 Å². The smallest absolute Gasteiger partial charge is 0.344 e. The third-order valence-electron chi connectivity index (χ3n) is 7.23. The summed E-state index contributed by atoms with van der Waals surface area (Å²) < 4.78 is 35.6. The van der Waals surface area contributed by atoms with E-state index in [1.807, 2.05) is 6.92 Å². The zero-order valence-corrected chi connectivity index (χ0v) is 31.8. The molecule has 260 valence electrons. The van der Waals surface area contributed by atoms with Crippen LogP contribution in [0.2, 0.25) is 5.02 Å². The molecule has 0 saturated carbocycles. The lowest BCUT2D eigenvalue weighted by atomic mass is 9.93. The van der Waals surface area contributed by atoms with Crippen LogP contribution in [0.3, 0.4) is 0 Å². The summed E-state index contributed by atoms with van der Waals surface area (Å²) in [6.45, 7) is 8.51. The lowest BCUT2D eigenvalue weighted by molar-refractivity contribution is -0.146. The molecule has 46 heavy (non-hydrogen) atoms. The summed E-state index contributed by atoms with van der Waals surface area (Å²) in [5, 5.41) is -0.0677. The van der Waals surface area contributed by atoms with E-state index in [2.05, 4.69) is 20.8 Å². The van der Waals surface area contributed by atoms with Crippen molar-refractivity contribution in [1.29, 1.82) is 0 Å². The van der Waals surface area contributed by atoms with Crippen molar-refractivity contribution < 1.29 is 32.8 Å². The van der Waals surface area contributed by atoms with Crippen LogP contribution in [0.15, 0.2) is 23.3 Å². The second-order valence-electron chi connectivity index (χ2n) is 11.1. The molecule has 0 bridgehead atoms. The number of ether oxygens (including phenoxy) is 2. The Morgan fingerprint density at radius 3 is 1.83 bits per heavy atom. The van der Waals surface area contributed by atoms with E-state index in [-0.39, 0.29) is 16.5 Å². The van der Waals surface area contributed by atoms with Crippen LogP contribution in [0.5, 0.6) is 5.75 Å². The van der Waals surface area contributed by atoms with Crippen molar-refractivity contribution in [3.8, 4) is 5.75 Å². The van der Waals surface area contributed by atoms with Gasteiger partial charge in [-0.25, -0.2) is 14.1 Å². The molecule has 0 atom stereocenters. The summed E-state index contributed by atoms with van der Waals surface area (Å²) >= 11 is 11.2. The molecule has 0 saturated heterocycles. The molecule has 0 spiro atoms. The molecule has 1 aliphatic carbocycles. The van der Waals surface area contributed by atoms with Gasteiger partial charge in [0.1, 0.15) is 11.6 Å². The molecule has 1 aliphatic heterocycles. The minimum atomic E-state index is -2.06. The number of anilines is 1. The van der Waals surface area contributed by atoms with Crippen molar-refractivity contribution in [3.63, 3.8) is 0 Å². The Labute approximate surface area is 291 Å². The van der Waals surface area contributed by atoms with Crippen LogP contribution in [0, 0.1) is 5.82 Å². The van der Waals surface area contributed by atoms with Gasteiger partial charge in [-0.15, -0.1) is 0 Å². The van der Waals surface area contributed by atoms with Crippen LogP contribution in [0.1, 0.15) is 111 Å². The van der Waals surface area contributed by atoms with Crippen LogP contribution in [-0.4, -0.2) is 48.3 Å². The highest BCUT2D eigenvalue weighted by molar-refractivity contribution is 9.14. The number of nitrogens with zero attached hydrogens (tertiary/aromatic N) is 1. The van der Waals surface area contributed by atoms with Crippen LogP contribution in [-0.2, 0) is 23.7 Å². The normalized spacial score (nSPS) is 14.7. The van der Waals surface area contributed by atoms with Gasteiger partial charge in [-0.2, -0.15) is 0 Å². The van der Waals surface area contributed by atoms with Gasteiger partial charge in [0.2, 0.25) is 4.75 Å². The van der Waals surface area contributed by atoms with Gasteiger partial charge < -0.3 is 9.47 Å². The van der Waals surface area contributed by atoms with Crippen molar-refractivity contribution in [2.45, 2.75) is 111 Å². The Hall–Kier alpha value is -1.13. The Bertz CT molecular complexity index is 1170. The molecule has 1 aromatic rings. The summed E-state index contributed by atoms with van der Waals surface area (Å²) in [4.78, 5) is 38.0. The lowest BCUT2D eigenvalue weighted by Crippen LogP contribution is -2.32. The first-order chi connectivity index (χ1) is 22.1. The number of imide groups is 1. The Kier molecular flexibility index (Phi) is 20.1. The van der Waals surface area contributed by atoms with Gasteiger partial charge in [0.15, 0.2) is 6.61 Å². The van der Waals surface area contributed by atoms with Gasteiger partial charge in [0, 0.05) is 34.5 Å². The summed E-state index contributed by atoms with van der Waals surface area (Å²) in [7, 11) is 0. The average Bonchev–Trinajstić information content (AvgIpc) is 3.29. The first-order valence-electron chi connectivity index (χ1n) is 16.5. The van der Waals surface area contributed by atoms with E-state index in [0.717, 1.165) is 60.3 Å². The molecule has 13 heteroatoms. The number of rotatable bonds is 20. The minimum Gasteiger partial charge on any atom is -0.480 e. The molecule has 0 N–H and O–H groups in total. The molecule has 0 fully saturated rings. The second-order valence-corrected chi connectivity index (χ2v) is 23.4. The van der Waals surface area contributed by atoms with Crippen molar-refractivity contribution >= 4 is 74.0 Å². The molecule has 3 rings (SSSR count). The molecule has 0 radical (unpaired) electrons. The summed E-state index contributed by atoms with van der Waals surface area (Å²) in [5.41, 5.74) is 0.674. The predicted octanol–water partition coefficient (Wildman–Crippen LogP) is 11.0. The lowest BCUT2D eigenvalue weighted by Gasteiger charge is -2.18. The maximum absolute atomic E-state index is 14.5. The highest BCUT2D eigenvalue weighted by Crippen LogP contribution is 2.78. The number of carbonyl (C=O) groups is 3. The SMILES string of the molecule is CCCCCOC(=O)COc1cc(N2C(=O)C3=C(CCCC3)C2=O)c(F)cc1Cl.CCCCSP(=O)(SCCCC)SCCCC. The van der Waals surface area contributed by atoms with E-state index < -0.39 is 35.0 Å². The number of amides is 2. The van der Waals surface area contributed by atoms with Crippen molar-refractivity contribution in [2.24, 2.45) is 0 Å². The maximum Gasteiger partial charge on any atom is 0.344 e. The van der Waals surface area contributed by atoms with Gasteiger partial charge >= 0.3 is 5.97 Å². The van der Waals surface area contributed by atoms with Gasteiger partial charge in [-0.1, -0.05) is 106 Å². The standard InChI is InChI=1S/C21H23ClFNO5.C12H27OPS3/c1-2-3-6-9-28-19(25)12-29-18-11-17(16(23)10-15(18)22)24-20(26)13-7-4-5-8-14(13)21(24)27;1-4-7-10-15-14(13,16-11-8-5-2)17-12-9-6-3/h10-11H,2-9,12H2,1H3;4-12H2,1-3H3. The minimum absolute atomic E-state index is 0.000883. The van der Waals surface area contributed by atoms with Crippen molar-refractivity contribution in [1.82, 2.24) is 0 Å². The number of esters is 1. The summed E-state index contributed by atoms with van der Waals surface area (Å²) in [6, 6.07) is 2.15.